The second-order valence-electron chi connectivity index (χ2n) is 7.42. The zero-order valence-electron chi connectivity index (χ0n) is 16.1. The van der Waals surface area contributed by atoms with Crippen molar-refractivity contribution < 1.29 is 0 Å². The molecule has 0 amide bonds. The predicted octanol–water partition coefficient (Wildman–Crippen LogP) is 3.23. The lowest BCUT2D eigenvalue weighted by Gasteiger charge is -2.33. The van der Waals surface area contributed by atoms with Crippen molar-refractivity contribution in [3.63, 3.8) is 0 Å². The van der Waals surface area contributed by atoms with E-state index in [2.05, 4.69) is 49.9 Å². The minimum absolute atomic E-state index is 0. The van der Waals surface area contributed by atoms with Crippen molar-refractivity contribution in [1.82, 2.24) is 15.5 Å². The molecule has 0 aromatic carbocycles. The lowest BCUT2D eigenvalue weighted by Crippen LogP contribution is -2.49. The molecule has 3 heterocycles. The number of nitrogens with one attached hydrogen (secondary N) is 2. The van der Waals surface area contributed by atoms with E-state index in [1.165, 1.54) is 50.3 Å². The molecule has 0 spiro atoms. The van der Waals surface area contributed by atoms with Gasteiger partial charge in [0, 0.05) is 39.3 Å². The van der Waals surface area contributed by atoms with E-state index in [4.69, 9.17) is 0 Å². The molecule has 2 aliphatic heterocycles. The molecule has 2 saturated heterocycles. The van der Waals surface area contributed by atoms with E-state index in [0.29, 0.717) is 12.0 Å². The van der Waals surface area contributed by atoms with Crippen molar-refractivity contribution >= 4 is 46.3 Å². The lowest BCUT2D eigenvalue weighted by atomic mass is 10.1. The van der Waals surface area contributed by atoms with Gasteiger partial charge in [-0.1, -0.05) is 6.92 Å². The van der Waals surface area contributed by atoms with Crippen LogP contribution in [0.1, 0.15) is 32.6 Å². The summed E-state index contributed by atoms with van der Waals surface area (Å²) in [6.07, 6.45) is 5.07. The zero-order valence-corrected chi connectivity index (χ0v) is 19.3. The third-order valence-corrected chi connectivity index (χ3v) is 6.19. The molecule has 148 valence electrons. The molecule has 26 heavy (non-hydrogen) atoms. The molecule has 2 N–H and O–H groups in total. The Balaban J connectivity index is 0.00000243. The minimum atomic E-state index is 0. The summed E-state index contributed by atoms with van der Waals surface area (Å²) < 4.78 is 0. The number of likely N-dealkylation sites (tertiary alicyclic amines) is 1. The Morgan fingerprint density at radius 3 is 2.62 bits per heavy atom. The van der Waals surface area contributed by atoms with Crippen LogP contribution in [0.15, 0.2) is 22.5 Å². The number of hydrogen-bond acceptors (Lipinski definition) is 4. The molecule has 0 aliphatic carbocycles. The van der Waals surface area contributed by atoms with Crippen LogP contribution in [0.2, 0.25) is 0 Å². The van der Waals surface area contributed by atoms with Gasteiger partial charge in [-0.25, -0.2) is 0 Å². The second kappa shape index (κ2) is 11.3. The van der Waals surface area contributed by atoms with Gasteiger partial charge in [-0.05, 0) is 62.2 Å². The molecule has 2 fully saturated rings. The van der Waals surface area contributed by atoms with Crippen LogP contribution in [0.3, 0.4) is 0 Å². The van der Waals surface area contributed by atoms with Crippen LogP contribution < -0.4 is 15.5 Å². The topological polar surface area (TPSA) is 42.9 Å². The number of nitrogens with zero attached hydrogens (tertiary/aromatic N) is 3. The monoisotopic (exact) mass is 491 g/mol. The number of halogens is 1. The smallest absolute Gasteiger partial charge is 0.191 e. The second-order valence-corrected chi connectivity index (χ2v) is 8.35. The van der Waals surface area contributed by atoms with Gasteiger partial charge in [0.2, 0.25) is 0 Å². The SMILES string of the molecule is CN=C(NCC(C)CN1CCCC1)NC1CCN(c2cccs2)CC1.I. The van der Waals surface area contributed by atoms with Crippen LogP contribution in [0, 0.1) is 5.92 Å². The van der Waals surface area contributed by atoms with Gasteiger partial charge in [-0.15, -0.1) is 35.3 Å². The summed E-state index contributed by atoms with van der Waals surface area (Å²) in [7, 11) is 1.88. The number of guanidine groups is 1. The molecular formula is C19H34IN5S. The molecule has 1 atom stereocenters. The third kappa shape index (κ3) is 6.56. The highest BCUT2D eigenvalue weighted by molar-refractivity contribution is 14.0. The highest BCUT2D eigenvalue weighted by Crippen LogP contribution is 2.24. The van der Waals surface area contributed by atoms with Gasteiger partial charge >= 0.3 is 0 Å². The number of rotatable bonds is 6. The average molecular weight is 491 g/mol. The number of hydrogen-bond donors (Lipinski definition) is 2. The van der Waals surface area contributed by atoms with Crippen molar-refractivity contribution in [3.05, 3.63) is 17.5 Å². The third-order valence-electron chi connectivity index (χ3n) is 5.26. The first-order valence-corrected chi connectivity index (χ1v) is 10.6. The summed E-state index contributed by atoms with van der Waals surface area (Å²) in [5, 5.41) is 10.7. The normalized spacial score (nSPS) is 20.7. The van der Waals surface area contributed by atoms with Crippen LogP contribution in [-0.2, 0) is 0 Å². The molecule has 0 radical (unpaired) electrons. The molecule has 3 rings (SSSR count). The first-order valence-electron chi connectivity index (χ1n) is 9.72. The summed E-state index contributed by atoms with van der Waals surface area (Å²) in [4.78, 5) is 9.51. The van der Waals surface area contributed by atoms with Gasteiger partial charge in [-0.3, -0.25) is 4.99 Å². The summed E-state index contributed by atoms with van der Waals surface area (Å²) >= 11 is 1.84. The molecule has 1 aromatic heterocycles. The maximum atomic E-state index is 4.42. The number of piperidine rings is 1. The number of aliphatic imine (C=N–C) groups is 1. The first-order chi connectivity index (χ1) is 12.2. The maximum Gasteiger partial charge on any atom is 0.191 e. The van der Waals surface area contributed by atoms with Gasteiger partial charge in [0.1, 0.15) is 0 Å². The van der Waals surface area contributed by atoms with Crippen LogP contribution in [-0.4, -0.2) is 63.2 Å². The Morgan fingerprint density at radius 1 is 1.27 bits per heavy atom. The van der Waals surface area contributed by atoms with Gasteiger partial charge in [0.25, 0.3) is 0 Å². The fourth-order valence-electron chi connectivity index (χ4n) is 3.82. The largest absolute Gasteiger partial charge is 0.363 e. The van der Waals surface area contributed by atoms with Gasteiger partial charge in [0.15, 0.2) is 5.96 Å². The summed E-state index contributed by atoms with van der Waals surface area (Å²) in [5.41, 5.74) is 0. The molecule has 5 nitrogen and oxygen atoms in total. The minimum Gasteiger partial charge on any atom is -0.363 e. The molecule has 7 heteroatoms. The fourth-order valence-corrected chi connectivity index (χ4v) is 4.61. The molecular weight excluding hydrogens is 457 g/mol. The van der Waals surface area contributed by atoms with Crippen LogP contribution in [0.5, 0.6) is 0 Å². The molecule has 0 bridgehead atoms. The standard InChI is InChI=1S/C19H33N5S.HI/c1-16(15-23-9-3-4-10-23)14-21-19(20-2)22-17-7-11-24(12-8-17)18-6-5-13-25-18;/h5-6,13,16-17H,3-4,7-12,14-15H2,1-2H3,(H2,20,21,22);1H. The average Bonchev–Trinajstić information content (AvgIpc) is 3.33. The van der Waals surface area contributed by atoms with E-state index in [9.17, 15) is 0 Å². The van der Waals surface area contributed by atoms with Gasteiger partial charge < -0.3 is 20.4 Å². The Bertz CT molecular complexity index is 522. The van der Waals surface area contributed by atoms with Crippen LogP contribution in [0.4, 0.5) is 5.00 Å². The van der Waals surface area contributed by atoms with E-state index in [0.717, 1.165) is 25.6 Å². The van der Waals surface area contributed by atoms with E-state index < -0.39 is 0 Å². The van der Waals surface area contributed by atoms with Crippen molar-refractivity contribution in [2.45, 2.75) is 38.6 Å². The van der Waals surface area contributed by atoms with Crippen molar-refractivity contribution in [2.24, 2.45) is 10.9 Å². The van der Waals surface area contributed by atoms with Crippen molar-refractivity contribution in [1.29, 1.82) is 0 Å². The Kier molecular flexibility index (Phi) is 9.49. The summed E-state index contributed by atoms with van der Waals surface area (Å²) in [6.45, 7) is 9.33. The van der Waals surface area contributed by atoms with Crippen molar-refractivity contribution in [3.8, 4) is 0 Å². The molecule has 1 aromatic rings. The fraction of sp³-hybridized carbons (Fsp3) is 0.737. The first kappa shape index (κ1) is 21.8. The van der Waals surface area contributed by atoms with E-state index in [-0.39, 0.29) is 24.0 Å². The van der Waals surface area contributed by atoms with Crippen molar-refractivity contribution in [2.75, 3.05) is 51.2 Å². The molecule has 2 aliphatic rings. The summed E-state index contributed by atoms with van der Waals surface area (Å²) in [5.74, 6) is 1.61. The summed E-state index contributed by atoms with van der Waals surface area (Å²) in [6, 6.07) is 4.89. The number of anilines is 1. The highest BCUT2D eigenvalue weighted by Gasteiger charge is 2.21. The predicted molar refractivity (Wildman–Crippen MR) is 124 cm³/mol. The molecule has 0 saturated carbocycles. The van der Waals surface area contributed by atoms with Crippen LogP contribution >= 0.6 is 35.3 Å². The quantitative estimate of drug-likeness (QED) is 0.365. The number of thiophene rings is 1. The van der Waals surface area contributed by atoms with Gasteiger partial charge in [0.05, 0.1) is 5.00 Å². The highest BCUT2D eigenvalue weighted by atomic mass is 127. The van der Waals surface area contributed by atoms with Gasteiger partial charge in [-0.2, -0.15) is 0 Å². The lowest BCUT2D eigenvalue weighted by molar-refractivity contribution is 0.287. The Morgan fingerprint density at radius 2 is 2.00 bits per heavy atom. The maximum absolute atomic E-state index is 4.42. The van der Waals surface area contributed by atoms with Crippen LogP contribution in [0.25, 0.3) is 0 Å². The molecule has 1 unspecified atom stereocenters. The Hall–Kier alpha value is -0.540. The zero-order chi connectivity index (χ0) is 17.5. The van der Waals surface area contributed by atoms with E-state index >= 15 is 0 Å². The van der Waals surface area contributed by atoms with E-state index in [1.54, 1.807) is 0 Å². The Labute approximate surface area is 179 Å². The van der Waals surface area contributed by atoms with E-state index in [1.807, 2.05) is 18.4 Å².